The summed E-state index contributed by atoms with van der Waals surface area (Å²) in [5.74, 6) is -1.82. The van der Waals surface area contributed by atoms with Gasteiger partial charge >= 0.3 is 19.5 Å². The number of carbonyl (C=O) groups is 2. The largest absolute Gasteiger partial charge is 2.00 e. The van der Waals surface area contributed by atoms with Gasteiger partial charge < -0.3 is 19.8 Å². The Kier molecular flexibility index (Phi) is 45.2. The van der Waals surface area contributed by atoms with Gasteiger partial charge in [0.1, 0.15) is 0 Å². The van der Waals surface area contributed by atoms with Crippen molar-refractivity contribution in [2.24, 2.45) is 0 Å². The zero-order valence-corrected chi connectivity index (χ0v) is 30.7. The van der Waals surface area contributed by atoms with Gasteiger partial charge in [-0.2, -0.15) is 0 Å². The predicted molar refractivity (Wildman–Crippen MR) is 169 cm³/mol. The van der Waals surface area contributed by atoms with E-state index in [9.17, 15) is 19.8 Å². The summed E-state index contributed by atoms with van der Waals surface area (Å²) in [6, 6.07) is 0. The molecule has 0 spiro atoms. The van der Waals surface area contributed by atoms with E-state index in [4.69, 9.17) is 0 Å². The van der Waals surface area contributed by atoms with Gasteiger partial charge in [0.2, 0.25) is 0 Å². The van der Waals surface area contributed by atoms with Gasteiger partial charge in [0, 0.05) is 11.9 Å². The molecule has 5 heteroatoms. The molecule has 0 N–H and O–H groups in total. The Labute approximate surface area is 269 Å². The number of hydrogen-bond acceptors (Lipinski definition) is 4. The van der Waals surface area contributed by atoms with Crippen molar-refractivity contribution >= 4 is 11.9 Å². The van der Waals surface area contributed by atoms with Crippen molar-refractivity contribution < 1.29 is 39.3 Å². The molecular weight excluding hydrogens is 562 g/mol. The molecule has 0 unspecified atom stereocenters. The van der Waals surface area contributed by atoms with Gasteiger partial charge in [-0.3, -0.25) is 0 Å². The van der Waals surface area contributed by atoms with E-state index in [-0.39, 0.29) is 32.3 Å². The van der Waals surface area contributed by atoms with Gasteiger partial charge in [-0.1, -0.05) is 167 Å². The van der Waals surface area contributed by atoms with Crippen LogP contribution in [0.2, 0.25) is 0 Å². The minimum absolute atomic E-state index is 0. The molecule has 0 saturated heterocycles. The number of aliphatic carboxylic acids is 2. The van der Waals surface area contributed by atoms with E-state index >= 15 is 0 Å². The maximum Gasteiger partial charge on any atom is 2.00 e. The molecule has 0 atom stereocenters. The minimum atomic E-state index is -0.914. The Morgan fingerprint density at radius 2 is 0.610 bits per heavy atom. The van der Waals surface area contributed by atoms with Crippen LogP contribution in [-0.4, -0.2) is 11.9 Å². The monoisotopic (exact) mass is 628 g/mol. The first-order valence-corrected chi connectivity index (χ1v) is 17.6. The summed E-state index contributed by atoms with van der Waals surface area (Å²) >= 11 is 0. The van der Waals surface area contributed by atoms with Gasteiger partial charge in [0.05, 0.1) is 0 Å². The van der Waals surface area contributed by atoms with Crippen molar-refractivity contribution in [3.8, 4) is 0 Å². The van der Waals surface area contributed by atoms with Crippen molar-refractivity contribution in [2.75, 3.05) is 0 Å². The number of carbonyl (C=O) groups excluding carboxylic acids is 2. The molecule has 0 aliphatic rings. The van der Waals surface area contributed by atoms with E-state index in [1.54, 1.807) is 0 Å². The molecule has 0 amide bonds. The molecule has 4 nitrogen and oxygen atoms in total. The maximum absolute atomic E-state index is 10.2. The molecule has 0 aromatic rings. The van der Waals surface area contributed by atoms with E-state index in [1.807, 2.05) is 0 Å². The second kappa shape index (κ2) is 41.4. The normalized spacial score (nSPS) is 10.8. The van der Waals surface area contributed by atoms with Crippen molar-refractivity contribution in [3.05, 3.63) is 12.2 Å². The molecule has 0 aromatic heterocycles. The SMILES string of the molecule is CCCCCCCC/C=C\CCCCCCCC(=O)[O-].CCCCCCCCCCCCCCCCCC(=O)[O-].[Zn+2]. The number of allylic oxidation sites excluding steroid dienone is 2. The Bertz CT molecular complexity index is 536. The van der Waals surface area contributed by atoms with E-state index in [2.05, 4.69) is 26.0 Å². The maximum atomic E-state index is 10.2. The van der Waals surface area contributed by atoms with Crippen LogP contribution in [0.15, 0.2) is 12.2 Å². The average Bonchev–Trinajstić information content (AvgIpc) is 2.93. The Balaban J connectivity index is -0.000000688. The third-order valence-electron chi connectivity index (χ3n) is 7.63. The number of hydrogen-bond donors (Lipinski definition) is 0. The molecule has 0 radical (unpaired) electrons. The second-order valence-electron chi connectivity index (χ2n) is 11.8. The summed E-state index contributed by atoms with van der Waals surface area (Å²) in [4.78, 5) is 20.4. The van der Waals surface area contributed by atoms with Crippen LogP contribution in [0.4, 0.5) is 0 Å². The fraction of sp³-hybridized carbons (Fsp3) is 0.889. The zero-order valence-electron chi connectivity index (χ0n) is 27.7. The standard InChI is InChI=1S/C18H36O2.C18H34O2.Zn/c2*1-2-3-4-5-6-7-8-9-10-11-12-13-14-15-16-17-18(19)20;/h2-17H2,1H3,(H,19,20);9-10H,2-8,11-17H2,1H3,(H,19,20);/q;;+2/p-2/b;10-9-;. The van der Waals surface area contributed by atoms with Gasteiger partial charge in [-0.05, 0) is 51.4 Å². The van der Waals surface area contributed by atoms with Crippen LogP contribution in [0.1, 0.15) is 206 Å². The van der Waals surface area contributed by atoms with E-state index < -0.39 is 11.9 Å². The Morgan fingerprint density at radius 1 is 0.390 bits per heavy atom. The molecule has 238 valence electrons. The number of carboxylic acid groups (broad SMARTS) is 2. The van der Waals surface area contributed by atoms with Gasteiger partial charge in [-0.25, -0.2) is 0 Å². The first-order valence-electron chi connectivity index (χ1n) is 17.6. The first kappa shape index (κ1) is 44.7. The van der Waals surface area contributed by atoms with Crippen molar-refractivity contribution in [1.82, 2.24) is 0 Å². The number of unbranched alkanes of at least 4 members (excludes halogenated alkanes) is 25. The molecule has 0 aliphatic heterocycles. The molecule has 41 heavy (non-hydrogen) atoms. The summed E-state index contributed by atoms with van der Waals surface area (Å²) < 4.78 is 0. The third-order valence-corrected chi connectivity index (χ3v) is 7.63. The van der Waals surface area contributed by atoms with Gasteiger partial charge in [0.25, 0.3) is 0 Å². The van der Waals surface area contributed by atoms with E-state index in [0.29, 0.717) is 0 Å². The number of carboxylic acids is 2. The summed E-state index contributed by atoms with van der Waals surface area (Å²) in [7, 11) is 0. The molecule has 0 bridgehead atoms. The minimum Gasteiger partial charge on any atom is -0.550 e. The van der Waals surface area contributed by atoms with Crippen LogP contribution < -0.4 is 10.2 Å². The van der Waals surface area contributed by atoms with Crippen LogP contribution in [0.25, 0.3) is 0 Å². The summed E-state index contributed by atoms with van der Waals surface area (Å²) in [6.45, 7) is 4.52. The zero-order chi connectivity index (χ0) is 29.8. The van der Waals surface area contributed by atoms with Crippen molar-refractivity contribution in [1.29, 1.82) is 0 Å². The third kappa shape index (κ3) is 49.3. The molecular formula is C36H68O4Zn. The topological polar surface area (TPSA) is 80.3 Å². The van der Waals surface area contributed by atoms with Crippen LogP contribution in [0.3, 0.4) is 0 Å². The summed E-state index contributed by atoms with van der Waals surface area (Å²) in [5, 5.41) is 20.4. The van der Waals surface area contributed by atoms with Crippen LogP contribution >= 0.6 is 0 Å². The predicted octanol–water partition coefficient (Wildman–Crippen LogP) is 9.77. The fourth-order valence-electron chi connectivity index (χ4n) is 4.98. The summed E-state index contributed by atoms with van der Waals surface area (Å²) in [6.07, 6.45) is 40.8. The smallest absolute Gasteiger partial charge is 0.550 e. The Hall–Kier alpha value is -0.697. The van der Waals surface area contributed by atoms with E-state index in [1.165, 1.54) is 148 Å². The molecule has 0 aliphatic carbocycles. The van der Waals surface area contributed by atoms with Crippen LogP contribution in [-0.2, 0) is 29.1 Å². The second-order valence-corrected chi connectivity index (χ2v) is 11.8. The Morgan fingerprint density at radius 3 is 0.854 bits per heavy atom. The fourth-order valence-corrected chi connectivity index (χ4v) is 4.98. The van der Waals surface area contributed by atoms with Crippen molar-refractivity contribution in [3.63, 3.8) is 0 Å². The molecule has 0 rings (SSSR count). The van der Waals surface area contributed by atoms with Crippen molar-refractivity contribution in [2.45, 2.75) is 206 Å². The van der Waals surface area contributed by atoms with Crippen LogP contribution in [0.5, 0.6) is 0 Å². The number of rotatable bonds is 31. The molecule has 0 saturated carbocycles. The van der Waals surface area contributed by atoms with Crippen LogP contribution in [0, 0.1) is 0 Å². The quantitative estimate of drug-likeness (QED) is 0.0434. The van der Waals surface area contributed by atoms with Gasteiger partial charge in [0.15, 0.2) is 0 Å². The van der Waals surface area contributed by atoms with E-state index in [0.717, 1.165) is 32.1 Å². The van der Waals surface area contributed by atoms with Gasteiger partial charge in [-0.15, -0.1) is 0 Å². The molecule has 0 fully saturated rings. The summed E-state index contributed by atoms with van der Waals surface area (Å²) in [5.41, 5.74) is 0. The molecule has 0 aromatic carbocycles. The average molecular weight is 630 g/mol. The molecule has 0 heterocycles. The first-order chi connectivity index (χ1) is 19.5.